The number of hydrogen-bond acceptors (Lipinski definition) is 5. The van der Waals surface area contributed by atoms with E-state index in [1.54, 1.807) is 25.6 Å². The van der Waals surface area contributed by atoms with E-state index in [4.69, 9.17) is 9.47 Å². The van der Waals surface area contributed by atoms with E-state index in [1.807, 2.05) is 13.8 Å². The number of hydrogen-bond donors (Lipinski definition) is 1. The molecule has 0 amide bonds. The molecule has 0 radical (unpaired) electrons. The molecule has 2 heterocycles. The van der Waals surface area contributed by atoms with Gasteiger partial charge in [0.25, 0.3) is 0 Å². The van der Waals surface area contributed by atoms with Gasteiger partial charge in [-0.3, -0.25) is 4.68 Å². The Balaban J connectivity index is 2.32. The Morgan fingerprint density at radius 2 is 2.05 bits per heavy atom. The average molecular weight is 317 g/mol. The third-order valence-electron chi connectivity index (χ3n) is 3.65. The van der Waals surface area contributed by atoms with Crippen LogP contribution < -0.4 is 4.72 Å². The van der Waals surface area contributed by atoms with E-state index in [0.29, 0.717) is 24.6 Å². The van der Waals surface area contributed by atoms with Crippen LogP contribution in [0.4, 0.5) is 0 Å². The molecule has 0 aromatic carbocycles. The summed E-state index contributed by atoms with van der Waals surface area (Å²) in [6.45, 7) is 8.12. The Bertz CT molecular complexity index is 609. The molecule has 1 aromatic heterocycles. The molecule has 1 aliphatic rings. The summed E-state index contributed by atoms with van der Waals surface area (Å²) in [6.07, 6.45) is -0.263. The Kier molecular flexibility index (Phi) is 4.72. The Hall–Kier alpha value is -0.960. The number of aryl methyl sites for hydroxylation is 1. The predicted molar refractivity (Wildman–Crippen MR) is 77.8 cm³/mol. The van der Waals surface area contributed by atoms with E-state index >= 15 is 0 Å². The zero-order valence-electron chi connectivity index (χ0n) is 13.1. The highest BCUT2D eigenvalue weighted by Gasteiger charge is 2.34. The van der Waals surface area contributed by atoms with Crippen molar-refractivity contribution in [2.24, 2.45) is 0 Å². The second-order valence-corrected chi connectivity index (χ2v) is 7.23. The van der Waals surface area contributed by atoms with Crippen LogP contribution in [0, 0.1) is 13.8 Å². The van der Waals surface area contributed by atoms with Gasteiger partial charge in [0.05, 0.1) is 36.7 Å². The van der Waals surface area contributed by atoms with Crippen molar-refractivity contribution in [1.82, 2.24) is 14.5 Å². The van der Waals surface area contributed by atoms with Crippen LogP contribution in [0.25, 0.3) is 0 Å². The Morgan fingerprint density at radius 3 is 2.57 bits per heavy atom. The second kappa shape index (κ2) is 6.04. The lowest BCUT2D eigenvalue weighted by Gasteiger charge is -2.18. The maximum atomic E-state index is 12.7. The molecule has 1 aromatic rings. The molecule has 0 spiro atoms. The molecular formula is C13H23N3O4S. The van der Waals surface area contributed by atoms with Crippen LogP contribution in [0.3, 0.4) is 0 Å². The highest BCUT2D eigenvalue weighted by atomic mass is 32.2. The smallest absolute Gasteiger partial charge is 0.244 e. The van der Waals surface area contributed by atoms with Crippen LogP contribution in [0.1, 0.15) is 31.3 Å². The molecule has 1 fully saturated rings. The average Bonchev–Trinajstić information content (AvgIpc) is 2.93. The molecule has 2 rings (SSSR count). The summed E-state index contributed by atoms with van der Waals surface area (Å²) in [6, 6.07) is -0.268. The van der Waals surface area contributed by atoms with Crippen LogP contribution in [0.2, 0.25) is 0 Å². The third kappa shape index (κ3) is 3.13. The molecule has 21 heavy (non-hydrogen) atoms. The molecule has 1 saturated heterocycles. The molecule has 120 valence electrons. The third-order valence-corrected chi connectivity index (χ3v) is 5.40. The SMILES string of the molecule is CO[C@H]1COC[C@@H]1NS(=O)(=O)c1c(C)nn(C(C)C)c1C. The molecule has 7 nitrogen and oxygen atoms in total. The molecular weight excluding hydrogens is 294 g/mol. The number of nitrogens with zero attached hydrogens (tertiary/aromatic N) is 2. The monoisotopic (exact) mass is 317 g/mol. The summed E-state index contributed by atoms with van der Waals surface area (Å²) >= 11 is 0. The molecule has 0 bridgehead atoms. The van der Waals surface area contributed by atoms with Crippen molar-refractivity contribution >= 4 is 10.0 Å². The van der Waals surface area contributed by atoms with E-state index in [-0.39, 0.29) is 23.1 Å². The molecule has 0 saturated carbocycles. The lowest BCUT2D eigenvalue weighted by atomic mass is 10.2. The number of methoxy groups -OCH3 is 1. The summed E-state index contributed by atoms with van der Waals surface area (Å²) in [5.74, 6) is 0. The second-order valence-electron chi connectivity index (χ2n) is 5.58. The van der Waals surface area contributed by atoms with Crippen molar-refractivity contribution < 1.29 is 17.9 Å². The summed E-state index contributed by atoms with van der Waals surface area (Å²) in [7, 11) is -2.10. The highest BCUT2D eigenvalue weighted by molar-refractivity contribution is 7.89. The van der Waals surface area contributed by atoms with Crippen molar-refractivity contribution in [2.75, 3.05) is 20.3 Å². The zero-order valence-corrected chi connectivity index (χ0v) is 13.9. The van der Waals surface area contributed by atoms with Crippen LogP contribution in [0.15, 0.2) is 4.90 Å². The molecule has 1 aliphatic heterocycles. The topological polar surface area (TPSA) is 82.4 Å². The molecule has 1 N–H and O–H groups in total. The van der Waals surface area contributed by atoms with Crippen molar-refractivity contribution in [2.45, 2.75) is 50.8 Å². The minimum atomic E-state index is -3.65. The first-order valence-corrected chi connectivity index (χ1v) is 8.44. The standard InChI is InChI=1S/C13H23N3O4S/c1-8(2)16-10(4)13(9(3)14-16)21(17,18)15-11-6-20-7-12(11)19-5/h8,11-12,15H,6-7H2,1-5H3/t11-,12-/m0/s1. The quantitative estimate of drug-likeness (QED) is 0.867. The van der Waals surface area contributed by atoms with Gasteiger partial charge in [-0.15, -0.1) is 0 Å². The number of nitrogens with one attached hydrogen (secondary N) is 1. The maximum absolute atomic E-state index is 12.7. The number of aromatic nitrogens is 2. The summed E-state index contributed by atoms with van der Waals surface area (Å²) < 4.78 is 40.2. The summed E-state index contributed by atoms with van der Waals surface area (Å²) in [5.41, 5.74) is 1.14. The van der Waals surface area contributed by atoms with Crippen molar-refractivity contribution in [1.29, 1.82) is 0 Å². The van der Waals surface area contributed by atoms with E-state index < -0.39 is 10.0 Å². The minimum absolute atomic E-state index is 0.106. The molecule has 8 heteroatoms. The first kappa shape index (κ1) is 16.4. The fourth-order valence-corrected chi connectivity index (χ4v) is 4.32. The maximum Gasteiger partial charge on any atom is 0.244 e. The fourth-order valence-electron chi connectivity index (χ4n) is 2.67. The Labute approximate surface area is 125 Å². The summed E-state index contributed by atoms with van der Waals surface area (Å²) in [5, 5.41) is 4.32. The van der Waals surface area contributed by atoms with Gasteiger partial charge >= 0.3 is 0 Å². The summed E-state index contributed by atoms with van der Waals surface area (Å²) in [4.78, 5) is 0.248. The van der Waals surface area contributed by atoms with Gasteiger partial charge in [-0.25, -0.2) is 13.1 Å². The van der Waals surface area contributed by atoms with Gasteiger partial charge in [0.15, 0.2) is 0 Å². The highest BCUT2D eigenvalue weighted by Crippen LogP contribution is 2.23. The van der Waals surface area contributed by atoms with Crippen molar-refractivity contribution in [3.05, 3.63) is 11.4 Å². The number of ether oxygens (including phenoxy) is 2. The van der Waals surface area contributed by atoms with Gasteiger partial charge in [-0.1, -0.05) is 0 Å². The lowest BCUT2D eigenvalue weighted by Crippen LogP contribution is -2.43. The fraction of sp³-hybridized carbons (Fsp3) is 0.769. The van der Waals surface area contributed by atoms with Gasteiger partial charge in [-0.2, -0.15) is 5.10 Å². The van der Waals surface area contributed by atoms with Crippen LogP contribution in [0.5, 0.6) is 0 Å². The first-order chi connectivity index (χ1) is 9.77. The zero-order chi connectivity index (χ0) is 15.8. The van der Waals surface area contributed by atoms with Gasteiger partial charge in [0.1, 0.15) is 4.90 Å². The van der Waals surface area contributed by atoms with E-state index in [2.05, 4.69) is 9.82 Å². The van der Waals surface area contributed by atoms with Gasteiger partial charge in [0.2, 0.25) is 10.0 Å². The van der Waals surface area contributed by atoms with E-state index in [0.717, 1.165) is 0 Å². The van der Waals surface area contributed by atoms with Gasteiger partial charge < -0.3 is 9.47 Å². The van der Waals surface area contributed by atoms with Crippen molar-refractivity contribution in [3.8, 4) is 0 Å². The number of rotatable bonds is 5. The van der Waals surface area contributed by atoms with E-state index in [9.17, 15) is 8.42 Å². The van der Waals surface area contributed by atoms with Gasteiger partial charge in [0, 0.05) is 13.2 Å². The predicted octanol–water partition coefficient (Wildman–Crippen LogP) is 0.773. The molecule has 0 aliphatic carbocycles. The van der Waals surface area contributed by atoms with Gasteiger partial charge in [-0.05, 0) is 27.7 Å². The number of sulfonamides is 1. The molecule has 0 unspecified atom stereocenters. The molecule has 2 atom stereocenters. The normalized spacial score (nSPS) is 23.1. The van der Waals surface area contributed by atoms with Crippen LogP contribution in [-0.4, -0.2) is 50.7 Å². The first-order valence-electron chi connectivity index (χ1n) is 6.96. The van der Waals surface area contributed by atoms with Crippen LogP contribution in [-0.2, 0) is 19.5 Å². The largest absolute Gasteiger partial charge is 0.377 e. The van der Waals surface area contributed by atoms with Crippen molar-refractivity contribution in [3.63, 3.8) is 0 Å². The van der Waals surface area contributed by atoms with E-state index in [1.165, 1.54) is 0 Å². The minimum Gasteiger partial charge on any atom is -0.377 e. The Morgan fingerprint density at radius 1 is 1.38 bits per heavy atom. The lowest BCUT2D eigenvalue weighted by molar-refractivity contribution is 0.0761. The van der Waals surface area contributed by atoms with Crippen LogP contribution >= 0.6 is 0 Å².